The van der Waals surface area contributed by atoms with Crippen LogP contribution in [-0.2, 0) is 0 Å². The fraction of sp³-hybridized carbons (Fsp3) is 0.440. The van der Waals surface area contributed by atoms with E-state index < -0.39 is 0 Å². The number of aliphatic imine (C=N–C) groups is 1. The molecule has 3 rings (SSSR count). The van der Waals surface area contributed by atoms with Crippen molar-refractivity contribution in [2.75, 3.05) is 46.4 Å². The minimum atomic E-state index is -0.0698. The smallest absolute Gasteiger partial charge is 0.251 e. The number of amides is 1. The Morgan fingerprint density at radius 2 is 1.69 bits per heavy atom. The number of likely N-dealkylation sites (tertiary alicyclic amines) is 1. The molecule has 2 aromatic rings. The van der Waals surface area contributed by atoms with E-state index in [1.54, 1.807) is 7.11 Å². The minimum Gasteiger partial charge on any atom is -0.496 e. The zero-order valence-electron chi connectivity index (χ0n) is 19.1. The van der Waals surface area contributed by atoms with Crippen molar-refractivity contribution >= 4 is 11.9 Å². The number of nitrogens with zero attached hydrogens (tertiary/aromatic N) is 2. The largest absolute Gasteiger partial charge is 0.496 e. The fourth-order valence-corrected chi connectivity index (χ4v) is 3.97. The van der Waals surface area contributed by atoms with Crippen molar-refractivity contribution in [2.24, 2.45) is 4.99 Å². The zero-order valence-corrected chi connectivity index (χ0v) is 19.1. The second-order valence-electron chi connectivity index (χ2n) is 7.77. The number of rotatable bonds is 10. The van der Waals surface area contributed by atoms with Gasteiger partial charge in [-0.2, -0.15) is 0 Å². The minimum absolute atomic E-state index is 0.0698. The van der Waals surface area contributed by atoms with Crippen LogP contribution in [0.15, 0.2) is 59.6 Å². The highest BCUT2D eigenvalue weighted by atomic mass is 16.5. The van der Waals surface area contributed by atoms with Crippen LogP contribution in [0.25, 0.3) is 0 Å². The van der Waals surface area contributed by atoms with E-state index in [2.05, 4.69) is 33.0 Å². The second-order valence-corrected chi connectivity index (χ2v) is 7.77. The molecule has 1 aliphatic rings. The molecule has 0 saturated carbocycles. The summed E-state index contributed by atoms with van der Waals surface area (Å²) in [6.45, 7) is 6.71. The highest BCUT2D eigenvalue weighted by Gasteiger charge is 2.25. The summed E-state index contributed by atoms with van der Waals surface area (Å²) in [5.41, 5.74) is 1.84. The number of guanidine groups is 1. The fourth-order valence-electron chi connectivity index (χ4n) is 3.97. The summed E-state index contributed by atoms with van der Waals surface area (Å²) in [5, 5.41) is 9.57. The molecule has 1 fully saturated rings. The molecule has 0 aliphatic carbocycles. The summed E-state index contributed by atoms with van der Waals surface area (Å²) in [6.07, 6.45) is 2.43. The lowest BCUT2D eigenvalue weighted by Crippen LogP contribution is -2.42. The summed E-state index contributed by atoms with van der Waals surface area (Å²) in [7, 11) is 1.72. The van der Waals surface area contributed by atoms with Gasteiger partial charge in [0.15, 0.2) is 5.96 Å². The van der Waals surface area contributed by atoms with Crippen LogP contribution >= 0.6 is 0 Å². The number of hydrogen-bond acceptors (Lipinski definition) is 4. The van der Waals surface area contributed by atoms with E-state index in [4.69, 9.17) is 9.73 Å². The first-order valence-corrected chi connectivity index (χ1v) is 11.4. The van der Waals surface area contributed by atoms with Crippen molar-refractivity contribution in [3.05, 3.63) is 65.7 Å². The zero-order chi connectivity index (χ0) is 22.6. The van der Waals surface area contributed by atoms with Crippen LogP contribution in [-0.4, -0.2) is 63.1 Å². The Labute approximate surface area is 191 Å². The molecule has 0 radical (unpaired) electrons. The number of carbonyl (C=O) groups is 1. The van der Waals surface area contributed by atoms with Gasteiger partial charge in [0, 0.05) is 30.8 Å². The Morgan fingerprint density at radius 1 is 1.00 bits per heavy atom. The standard InChI is InChI=1S/C25H35N5O2/c1-3-26-25(28-16-15-27-24(31)20-11-5-4-6-12-20)29-19-22(30-17-9-10-18-30)21-13-7-8-14-23(21)32-2/h4-8,11-14,22H,3,9-10,15-19H2,1-2H3,(H,27,31)(H2,26,28,29). The summed E-state index contributed by atoms with van der Waals surface area (Å²) in [5.74, 6) is 1.58. The normalized spacial score (nSPS) is 15.2. The van der Waals surface area contributed by atoms with Crippen LogP contribution < -0.4 is 20.7 Å². The molecule has 1 aliphatic heterocycles. The van der Waals surface area contributed by atoms with Gasteiger partial charge in [0.05, 0.1) is 19.7 Å². The van der Waals surface area contributed by atoms with Gasteiger partial charge in [0.2, 0.25) is 0 Å². The lowest BCUT2D eigenvalue weighted by Gasteiger charge is -2.28. The van der Waals surface area contributed by atoms with Gasteiger partial charge in [0.25, 0.3) is 5.91 Å². The van der Waals surface area contributed by atoms with Crippen LogP contribution in [0.3, 0.4) is 0 Å². The quantitative estimate of drug-likeness (QED) is 0.303. The van der Waals surface area contributed by atoms with Gasteiger partial charge in [-0.3, -0.25) is 14.7 Å². The molecular weight excluding hydrogens is 402 g/mol. The number of ether oxygens (including phenoxy) is 1. The van der Waals surface area contributed by atoms with Crippen molar-refractivity contribution < 1.29 is 9.53 Å². The van der Waals surface area contributed by atoms with E-state index in [0.29, 0.717) is 25.2 Å². The van der Waals surface area contributed by atoms with Crippen LogP contribution in [0.2, 0.25) is 0 Å². The summed E-state index contributed by atoms with van der Waals surface area (Å²) in [4.78, 5) is 19.6. The predicted octanol–water partition coefficient (Wildman–Crippen LogP) is 2.82. The van der Waals surface area contributed by atoms with Gasteiger partial charge in [-0.05, 0) is 51.1 Å². The van der Waals surface area contributed by atoms with Gasteiger partial charge in [0.1, 0.15) is 5.75 Å². The van der Waals surface area contributed by atoms with Crippen molar-refractivity contribution in [1.82, 2.24) is 20.9 Å². The molecule has 0 spiro atoms. The summed E-state index contributed by atoms with van der Waals surface area (Å²) < 4.78 is 5.63. The molecule has 1 unspecified atom stereocenters. The first-order chi connectivity index (χ1) is 15.7. The maximum absolute atomic E-state index is 12.2. The molecule has 3 N–H and O–H groups in total. The molecule has 2 aromatic carbocycles. The van der Waals surface area contributed by atoms with E-state index in [-0.39, 0.29) is 11.9 Å². The lowest BCUT2D eigenvalue weighted by molar-refractivity contribution is 0.0954. The molecule has 7 heteroatoms. The predicted molar refractivity (Wildman–Crippen MR) is 129 cm³/mol. The van der Waals surface area contributed by atoms with Gasteiger partial charge in [-0.15, -0.1) is 0 Å². The highest BCUT2D eigenvalue weighted by Crippen LogP contribution is 2.31. The first kappa shape index (κ1) is 23.6. The third-order valence-electron chi connectivity index (χ3n) is 5.58. The Morgan fingerprint density at radius 3 is 2.41 bits per heavy atom. The maximum atomic E-state index is 12.2. The molecule has 1 amide bonds. The molecular formula is C25H35N5O2. The van der Waals surface area contributed by atoms with Crippen molar-refractivity contribution in [3.8, 4) is 5.75 Å². The molecule has 0 aromatic heterocycles. The van der Waals surface area contributed by atoms with Crippen LogP contribution in [0, 0.1) is 0 Å². The number of methoxy groups -OCH3 is 1. The van der Waals surface area contributed by atoms with Crippen LogP contribution in [0.4, 0.5) is 0 Å². The van der Waals surface area contributed by atoms with E-state index in [9.17, 15) is 4.79 Å². The first-order valence-electron chi connectivity index (χ1n) is 11.4. The highest BCUT2D eigenvalue weighted by molar-refractivity contribution is 5.94. The number of nitrogens with one attached hydrogen (secondary N) is 3. The average Bonchev–Trinajstić information content (AvgIpc) is 3.37. The third kappa shape index (κ3) is 6.72. The Bertz CT molecular complexity index is 866. The van der Waals surface area contributed by atoms with Gasteiger partial charge in [-0.1, -0.05) is 36.4 Å². The van der Waals surface area contributed by atoms with Gasteiger partial charge >= 0.3 is 0 Å². The average molecular weight is 438 g/mol. The molecule has 1 atom stereocenters. The van der Waals surface area contributed by atoms with E-state index in [1.807, 2.05) is 49.4 Å². The van der Waals surface area contributed by atoms with Gasteiger partial charge in [-0.25, -0.2) is 0 Å². The summed E-state index contributed by atoms with van der Waals surface area (Å²) in [6, 6.07) is 17.6. The Balaban J connectivity index is 1.60. The second kappa shape index (κ2) is 12.7. The number of benzene rings is 2. The summed E-state index contributed by atoms with van der Waals surface area (Å²) >= 11 is 0. The monoisotopic (exact) mass is 437 g/mol. The Kier molecular flexibility index (Phi) is 9.37. The Hall–Kier alpha value is -3.06. The topological polar surface area (TPSA) is 78.0 Å². The lowest BCUT2D eigenvalue weighted by atomic mass is 10.0. The molecule has 1 heterocycles. The van der Waals surface area contributed by atoms with E-state index >= 15 is 0 Å². The third-order valence-corrected chi connectivity index (χ3v) is 5.58. The molecule has 32 heavy (non-hydrogen) atoms. The SMILES string of the molecule is CCNC(=NCC(c1ccccc1OC)N1CCCC1)NCCNC(=O)c1ccccc1. The van der Waals surface area contributed by atoms with Crippen molar-refractivity contribution in [1.29, 1.82) is 0 Å². The van der Waals surface area contributed by atoms with E-state index in [0.717, 1.165) is 31.3 Å². The molecule has 0 bridgehead atoms. The molecule has 7 nitrogen and oxygen atoms in total. The molecule has 1 saturated heterocycles. The maximum Gasteiger partial charge on any atom is 0.251 e. The van der Waals surface area contributed by atoms with Crippen LogP contribution in [0.1, 0.15) is 41.7 Å². The van der Waals surface area contributed by atoms with E-state index in [1.165, 1.54) is 18.4 Å². The van der Waals surface area contributed by atoms with Crippen molar-refractivity contribution in [3.63, 3.8) is 0 Å². The number of carbonyl (C=O) groups excluding carboxylic acids is 1. The van der Waals surface area contributed by atoms with Crippen molar-refractivity contribution in [2.45, 2.75) is 25.8 Å². The van der Waals surface area contributed by atoms with Crippen LogP contribution in [0.5, 0.6) is 5.75 Å². The van der Waals surface area contributed by atoms with Gasteiger partial charge < -0.3 is 20.7 Å². The molecule has 172 valence electrons. The number of para-hydroxylation sites is 1. The number of hydrogen-bond donors (Lipinski definition) is 3.